The smallest absolute Gasteiger partial charge is 0.0380 e. The highest BCUT2D eigenvalue weighted by molar-refractivity contribution is 5.47. The van der Waals surface area contributed by atoms with Gasteiger partial charge >= 0.3 is 0 Å². The normalized spacial score (nSPS) is 12.5. The second-order valence-corrected chi connectivity index (χ2v) is 4.11. The Bertz CT molecular complexity index is 279. The van der Waals surface area contributed by atoms with Gasteiger partial charge < -0.3 is 10.6 Å². The van der Waals surface area contributed by atoms with E-state index in [1.165, 1.54) is 17.7 Å². The Kier molecular flexibility index (Phi) is 4.63. The van der Waals surface area contributed by atoms with E-state index in [1.807, 2.05) is 0 Å². The molecule has 84 valence electrons. The van der Waals surface area contributed by atoms with Crippen molar-refractivity contribution in [2.75, 3.05) is 18.5 Å². The molecular weight excluding hydrogens is 184 g/mol. The molecule has 0 bridgehead atoms. The summed E-state index contributed by atoms with van der Waals surface area (Å²) in [7, 11) is 2.09. The van der Waals surface area contributed by atoms with Crippen molar-refractivity contribution in [3.8, 4) is 0 Å². The predicted molar refractivity (Wildman–Crippen MR) is 67.4 cm³/mol. The SMILES string of the molecule is CCCc1ccc(N(C)C(C)CN)cc1. The molecule has 0 fully saturated rings. The summed E-state index contributed by atoms with van der Waals surface area (Å²) in [5.74, 6) is 0. The molecule has 0 aliphatic carbocycles. The van der Waals surface area contributed by atoms with Crippen LogP contribution in [0, 0.1) is 0 Å². The lowest BCUT2D eigenvalue weighted by Gasteiger charge is -2.26. The number of nitrogens with zero attached hydrogens (tertiary/aromatic N) is 1. The zero-order chi connectivity index (χ0) is 11.3. The van der Waals surface area contributed by atoms with Crippen molar-refractivity contribution in [2.24, 2.45) is 5.73 Å². The van der Waals surface area contributed by atoms with Gasteiger partial charge in [0.05, 0.1) is 0 Å². The molecule has 1 aromatic carbocycles. The Hall–Kier alpha value is -1.02. The standard InChI is InChI=1S/C13H22N2/c1-4-5-12-6-8-13(9-7-12)15(3)11(2)10-14/h6-9,11H,4-5,10,14H2,1-3H3. The van der Waals surface area contributed by atoms with Gasteiger partial charge in [0.15, 0.2) is 0 Å². The summed E-state index contributed by atoms with van der Waals surface area (Å²) in [5.41, 5.74) is 8.30. The first-order valence-corrected chi connectivity index (χ1v) is 5.70. The third-order valence-electron chi connectivity index (χ3n) is 2.88. The fourth-order valence-corrected chi connectivity index (χ4v) is 1.60. The minimum Gasteiger partial charge on any atom is -0.371 e. The van der Waals surface area contributed by atoms with Gasteiger partial charge in [-0.05, 0) is 31.0 Å². The molecule has 0 radical (unpaired) electrons. The molecule has 0 saturated carbocycles. The third kappa shape index (κ3) is 3.24. The summed E-state index contributed by atoms with van der Waals surface area (Å²) in [6.07, 6.45) is 2.37. The number of hydrogen-bond acceptors (Lipinski definition) is 2. The maximum Gasteiger partial charge on any atom is 0.0380 e. The average molecular weight is 206 g/mol. The van der Waals surface area contributed by atoms with Gasteiger partial charge in [-0.2, -0.15) is 0 Å². The summed E-state index contributed by atoms with van der Waals surface area (Å²) in [4.78, 5) is 2.22. The molecule has 1 aromatic rings. The summed E-state index contributed by atoms with van der Waals surface area (Å²) in [5, 5.41) is 0. The van der Waals surface area contributed by atoms with E-state index >= 15 is 0 Å². The van der Waals surface area contributed by atoms with E-state index in [9.17, 15) is 0 Å². The Morgan fingerprint density at radius 1 is 1.27 bits per heavy atom. The lowest BCUT2D eigenvalue weighted by atomic mass is 10.1. The molecule has 2 nitrogen and oxygen atoms in total. The van der Waals surface area contributed by atoms with E-state index in [1.54, 1.807) is 0 Å². The van der Waals surface area contributed by atoms with Gasteiger partial charge in [0.2, 0.25) is 0 Å². The van der Waals surface area contributed by atoms with Crippen LogP contribution in [0.4, 0.5) is 5.69 Å². The van der Waals surface area contributed by atoms with Gasteiger partial charge in [0, 0.05) is 25.3 Å². The van der Waals surface area contributed by atoms with Crippen LogP contribution in [0.2, 0.25) is 0 Å². The van der Waals surface area contributed by atoms with Crippen molar-refractivity contribution < 1.29 is 0 Å². The lowest BCUT2D eigenvalue weighted by Crippen LogP contribution is -2.35. The molecule has 0 spiro atoms. The van der Waals surface area contributed by atoms with Gasteiger partial charge in [-0.15, -0.1) is 0 Å². The van der Waals surface area contributed by atoms with E-state index < -0.39 is 0 Å². The van der Waals surface area contributed by atoms with Gasteiger partial charge in [-0.3, -0.25) is 0 Å². The van der Waals surface area contributed by atoms with E-state index in [2.05, 4.69) is 50.1 Å². The number of aryl methyl sites for hydroxylation is 1. The van der Waals surface area contributed by atoms with E-state index in [4.69, 9.17) is 5.73 Å². The average Bonchev–Trinajstić information content (AvgIpc) is 2.28. The molecule has 0 aliphatic heterocycles. The Labute approximate surface area is 93.1 Å². The minimum absolute atomic E-state index is 0.391. The first-order valence-electron chi connectivity index (χ1n) is 5.70. The summed E-state index contributed by atoms with van der Waals surface area (Å²) < 4.78 is 0. The lowest BCUT2D eigenvalue weighted by molar-refractivity contribution is 0.695. The van der Waals surface area contributed by atoms with Gasteiger partial charge in [-0.25, -0.2) is 0 Å². The maximum absolute atomic E-state index is 5.65. The summed E-state index contributed by atoms with van der Waals surface area (Å²) in [6, 6.07) is 9.16. The first kappa shape index (κ1) is 12.1. The van der Waals surface area contributed by atoms with Gasteiger partial charge in [-0.1, -0.05) is 25.5 Å². The van der Waals surface area contributed by atoms with Crippen LogP contribution in [-0.4, -0.2) is 19.6 Å². The number of anilines is 1. The van der Waals surface area contributed by atoms with Crippen LogP contribution in [0.25, 0.3) is 0 Å². The number of nitrogens with two attached hydrogens (primary N) is 1. The van der Waals surface area contributed by atoms with Crippen LogP contribution < -0.4 is 10.6 Å². The van der Waals surface area contributed by atoms with E-state index in [0.29, 0.717) is 12.6 Å². The summed E-state index contributed by atoms with van der Waals surface area (Å²) >= 11 is 0. The quantitative estimate of drug-likeness (QED) is 0.801. The molecule has 1 unspecified atom stereocenters. The second-order valence-electron chi connectivity index (χ2n) is 4.11. The zero-order valence-corrected chi connectivity index (χ0v) is 10.0. The minimum atomic E-state index is 0.391. The second kappa shape index (κ2) is 5.76. The Morgan fingerprint density at radius 3 is 2.33 bits per heavy atom. The molecule has 0 heterocycles. The highest BCUT2D eigenvalue weighted by Gasteiger charge is 2.07. The molecule has 15 heavy (non-hydrogen) atoms. The monoisotopic (exact) mass is 206 g/mol. The molecule has 0 amide bonds. The zero-order valence-electron chi connectivity index (χ0n) is 10.0. The fourth-order valence-electron chi connectivity index (χ4n) is 1.60. The van der Waals surface area contributed by atoms with Crippen molar-refractivity contribution >= 4 is 5.69 Å². The van der Waals surface area contributed by atoms with Crippen LogP contribution in [0.15, 0.2) is 24.3 Å². The Balaban J connectivity index is 2.70. The number of rotatable bonds is 5. The van der Waals surface area contributed by atoms with Crippen molar-refractivity contribution in [2.45, 2.75) is 32.7 Å². The molecule has 0 saturated heterocycles. The molecule has 1 atom stereocenters. The first-order chi connectivity index (χ1) is 7.19. The van der Waals surface area contributed by atoms with Crippen LogP contribution in [0.5, 0.6) is 0 Å². The molecule has 1 rings (SSSR count). The topological polar surface area (TPSA) is 29.3 Å². The largest absolute Gasteiger partial charge is 0.371 e. The van der Waals surface area contributed by atoms with E-state index in [-0.39, 0.29) is 0 Å². The highest BCUT2D eigenvalue weighted by atomic mass is 15.1. The highest BCUT2D eigenvalue weighted by Crippen LogP contribution is 2.16. The summed E-state index contributed by atoms with van der Waals surface area (Å²) in [6.45, 7) is 5.03. The molecule has 0 aliphatic rings. The van der Waals surface area contributed by atoms with Gasteiger partial charge in [0.25, 0.3) is 0 Å². The molecule has 2 N–H and O–H groups in total. The van der Waals surface area contributed by atoms with Crippen LogP contribution in [-0.2, 0) is 6.42 Å². The molecule has 2 heteroatoms. The van der Waals surface area contributed by atoms with Crippen LogP contribution >= 0.6 is 0 Å². The third-order valence-corrected chi connectivity index (χ3v) is 2.88. The van der Waals surface area contributed by atoms with Crippen molar-refractivity contribution in [3.05, 3.63) is 29.8 Å². The predicted octanol–water partition coefficient (Wildman–Crippen LogP) is 2.42. The molecular formula is C13H22N2. The fraction of sp³-hybridized carbons (Fsp3) is 0.538. The van der Waals surface area contributed by atoms with Gasteiger partial charge in [0.1, 0.15) is 0 Å². The maximum atomic E-state index is 5.65. The van der Waals surface area contributed by atoms with Crippen molar-refractivity contribution in [1.82, 2.24) is 0 Å². The number of likely N-dealkylation sites (N-methyl/N-ethyl adjacent to an activating group) is 1. The van der Waals surface area contributed by atoms with Crippen LogP contribution in [0.3, 0.4) is 0 Å². The van der Waals surface area contributed by atoms with Crippen molar-refractivity contribution in [1.29, 1.82) is 0 Å². The van der Waals surface area contributed by atoms with Crippen LogP contribution in [0.1, 0.15) is 25.8 Å². The number of hydrogen-bond donors (Lipinski definition) is 1. The Morgan fingerprint density at radius 2 is 1.87 bits per heavy atom. The van der Waals surface area contributed by atoms with Crippen molar-refractivity contribution in [3.63, 3.8) is 0 Å². The number of benzene rings is 1. The molecule has 0 aromatic heterocycles. The van der Waals surface area contributed by atoms with E-state index in [0.717, 1.165) is 6.42 Å².